The molecule has 1 unspecified atom stereocenters. The van der Waals surface area contributed by atoms with Gasteiger partial charge in [0.15, 0.2) is 0 Å². The molecule has 100 valence electrons. The van der Waals surface area contributed by atoms with Crippen LogP contribution < -0.4 is 10.6 Å². The number of hydrogen-bond donors (Lipinski definition) is 1. The van der Waals surface area contributed by atoms with Crippen LogP contribution in [-0.4, -0.2) is 12.0 Å². The predicted molar refractivity (Wildman–Crippen MR) is 76.6 cm³/mol. The largest absolute Gasteiger partial charge is 0.397 e. The van der Waals surface area contributed by atoms with E-state index in [1.54, 1.807) is 18.3 Å². The quantitative estimate of drug-likeness (QED) is 0.919. The van der Waals surface area contributed by atoms with Crippen molar-refractivity contribution in [3.8, 4) is 0 Å². The Labute approximate surface area is 112 Å². The molecule has 0 bridgehead atoms. The number of rotatable bonds is 3. The lowest BCUT2D eigenvalue weighted by Crippen LogP contribution is -2.24. The van der Waals surface area contributed by atoms with E-state index in [0.717, 1.165) is 11.4 Å². The van der Waals surface area contributed by atoms with Crippen molar-refractivity contribution in [2.24, 2.45) is 0 Å². The van der Waals surface area contributed by atoms with E-state index in [9.17, 15) is 4.39 Å². The van der Waals surface area contributed by atoms with Crippen molar-refractivity contribution in [1.82, 2.24) is 4.98 Å². The topological polar surface area (TPSA) is 42.1 Å². The van der Waals surface area contributed by atoms with E-state index >= 15 is 0 Å². The highest BCUT2D eigenvalue weighted by Gasteiger charge is 2.18. The van der Waals surface area contributed by atoms with Crippen LogP contribution in [0.15, 0.2) is 36.5 Å². The summed E-state index contributed by atoms with van der Waals surface area (Å²) in [5.41, 5.74) is 7.96. The molecule has 0 aliphatic rings. The van der Waals surface area contributed by atoms with Crippen LogP contribution in [0.25, 0.3) is 0 Å². The van der Waals surface area contributed by atoms with E-state index in [0.29, 0.717) is 11.3 Å². The van der Waals surface area contributed by atoms with Gasteiger partial charge in [-0.15, -0.1) is 0 Å². The molecule has 0 radical (unpaired) electrons. The SMILES string of the molecule is Cc1cc(N)cnc1N(C)C(C)c1ccccc1F. The summed E-state index contributed by atoms with van der Waals surface area (Å²) in [6, 6.07) is 8.57. The van der Waals surface area contributed by atoms with Gasteiger partial charge in [0.2, 0.25) is 0 Å². The van der Waals surface area contributed by atoms with E-state index < -0.39 is 0 Å². The van der Waals surface area contributed by atoms with E-state index in [4.69, 9.17) is 5.73 Å². The first-order valence-electron chi connectivity index (χ1n) is 6.20. The van der Waals surface area contributed by atoms with Crippen LogP contribution in [0.4, 0.5) is 15.9 Å². The normalized spacial score (nSPS) is 12.2. The van der Waals surface area contributed by atoms with Gasteiger partial charge in [0, 0.05) is 12.6 Å². The maximum absolute atomic E-state index is 13.8. The molecule has 0 aliphatic carbocycles. The molecule has 1 atom stereocenters. The van der Waals surface area contributed by atoms with Crippen molar-refractivity contribution in [2.45, 2.75) is 19.9 Å². The molecule has 0 saturated carbocycles. The van der Waals surface area contributed by atoms with Gasteiger partial charge in [-0.3, -0.25) is 0 Å². The molecular formula is C15H18FN3. The third-order valence-corrected chi connectivity index (χ3v) is 3.34. The zero-order valence-corrected chi connectivity index (χ0v) is 11.4. The predicted octanol–water partition coefficient (Wildman–Crippen LogP) is 3.31. The number of anilines is 2. The summed E-state index contributed by atoms with van der Waals surface area (Å²) in [7, 11) is 1.91. The summed E-state index contributed by atoms with van der Waals surface area (Å²) in [6.45, 7) is 3.90. The van der Waals surface area contributed by atoms with Crippen molar-refractivity contribution in [3.05, 3.63) is 53.5 Å². The molecule has 0 saturated heterocycles. The fourth-order valence-corrected chi connectivity index (χ4v) is 2.16. The van der Waals surface area contributed by atoms with E-state index in [1.165, 1.54) is 6.07 Å². The smallest absolute Gasteiger partial charge is 0.131 e. The molecule has 1 aromatic heterocycles. The Morgan fingerprint density at radius 1 is 1.32 bits per heavy atom. The van der Waals surface area contributed by atoms with Crippen molar-refractivity contribution in [1.29, 1.82) is 0 Å². The molecule has 0 aliphatic heterocycles. The summed E-state index contributed by atoms with van der Waals surface area (Å²) >= 11 is 0. The molecule has 19 heavy (non-hydrogen) atoms. The zero-order chi connectivity index (χ0) is 14.0. The molecule has 2 rings (SSSR count). The van der Waals surface area contributed by atoms with Crippen LogP contribution >= 0.6 is 0 Å². The summed E-state index contributed by atoms with van der Waals surface area (Å²) in [5.74, 6) is 0.611. The Balaban J connectivity index is 2.33. The number of benzene rings is 1. The Hall–Kier alpha value is -2.10. The summed E-state index contributed by atoms with van der Waals surface area (Å²) < 4.78 is 13.8. The summed E-state index contributed by atoms with van der Waals surface area (Å²) in [6.07, 6.45) is 1.62. The average molecular weight is 259 g/mol. The van der Waals surface area contributed by atoms with E-state index in [-0.39, 0.29) is 11.9 Å². The Morgan fingerprint density at radius 3 is 2.63 bits per heavy atom. The molecule has 0 amide bonds. The minimum absolute atomic E-state index is 0.101. The van der Waals surface area contributed by atoms with Crippen molar-refractivity contribution >= 4 is 11.5 Å². The fourth-order valence-electron chi connectivity index (χ4n) is 2.16. The van der Waals surface area contributed by atoms with Crippen molar-refractivity contribution in [3.63, 3.8) is 0 Å². The van der Waals surface area contributed by atoms with Crippen LogP contribution in [0.2, 0.25) is 0 Å². The molecule has 1 aromatic carbocycles. The lowest BCUT2D eigenvalue weighted by molar-refractivity contribution is 0.584. The molecule has 0 spiro atoms. The molecule has 1 heterocycles. The van der Waals surface area contributed by atoms with Gasteiger partial charge >= 0.3 is 0 Å². The minimum Gasteiger partial charge on any atom is -0.397 e. The monoisotopic (exact) mass is 259 g/mol. The number of nitrogens with two attached hydrogens (primary N) is 1. The second-order valence-corrected chi connectivity index (χ2v) is 4.72. The number of nitrogens with zero attached hydrogens (tertiary/aromatic N) is 2. The third-order valence-electron chi connectivity index (χ3n) is 3.34. The first-order chi connectivity index (χ1) is 9.00. The lowest BCUT2D eigenvalue weighted by Gasteiger charge is -2.28. The van der Waals surface area contributed by atoms with Gasteiger partial charge in [-0.05, 0) is 31.5 Å². The van der Waals surface area contributed by atoms with Gasteiger partial charge in [-0.1, -0.05) is 18.2 Å². The molecule has 2 N–H and O–H groups in total. The second-order valence-electron chi connectivity index (χ2n) is 4.72. The highest BCUT2D eigenvalue weighted by atomic mass is 19.1. The summed E-state index contributed by atoms with van der Waals surface area (Å²) in [4.78, 5) is 6.28. The van der Waals surface area contributed by atoms with Gasteiger partial charge in [0.1, 0.15) is 11.6 Å². The number of pyridine rings is 1. The average Bonchev–Trinajstić information content (AvgIpc) is 2.38. The zero-order valence-electron chi connectivity index (χ0n) is 11.4. The third kappa shape index (κ3) is 2.67. The van der Waals surface area contributed by atoms with Gasteiger partial charge in [-0.25, -0.2) is 9.37 Å². The van der Waals surface area contributed by atoms with Crippen molar-refractivity contribution < 1.29 is 4.39 Å². The molecular weight excluding hydrogens is 241 g/mol. The minimum atomic E-state index is -0.199. The first-order valence-corrected chi connectivity index (χ1v) is 6.20. The van der Waals surface area contributed by atoms with Gasteiger partial charge < -0.3 is 10.6 Å². The number of aryl methyl sites for hydroxylation is 1. The number of nitrogen functional groups attached to an aromatic ring is 1. The standard InChI is InChI=1S/C15H18FN3/c1-10-8-12(17)9-18-15(10)19(3)11(2)13-6-4-5-7-14(13)16/h4-9,11H,17H2,1-3H3. The Bertz CT molecular complexity index is 583. The molecule has 3 nitrogen and oxygen atoms in total. The van der Waals surface area contributed by atoms with Crippen LogP contribution in [0.3, 0.4) is 0 Å². The number of hydrogen-bond acceptors (Lipinski definition) is 3. The maximum Gasteiger partial charge on any atom is 0.131 e. The van der Waals surface area contributed by atoms with Crippen LogP contribution in [-0.2, 0) is 0 Å². The highest BCUT2D eigenvalue weighted by molar-refractivity contribution is 5.53. The second kappa shape index (κ2) is 5.26. The molecule has 2 aromatic rings. The number of halogens is 1. The molecule has 4 heteroatoms. The molecule has 0 fully saturated rings. The first kappa shape index (κ1) is 13.3. The lowest BCUT2D eigenvalue weighted by atomic mass is 10.1. The van der Waals surface area contributed by atoms with Crippen LogP contribution in [0, 0.1) is 12.7 Å². The highest BCUT2D eigenvalue weighted by Crippen LogP contribution is 2.28. The van der Waals surface area contributed by atoms with Crippen LogP contribution in [0.1, 0.15) is 24.1 Å². The van der Waals surface area contributed by atoms with Crippen LogP contribution in [0.5, 0.6) is 0 Å². The number of aromatic nitrogens is 1. The van der Waals surface area contributed by atoms with Gasteiger partial charge in [-0.2, -0.15) is 0 Å². The summed E-state index contributed by atoms with van der Waals surface area (Å²) in [5, 5.41) is 0. The van der Waals surface area contributed by atoms with Gasteiger partial charge in [0.25, 0.3) is 0 Å². The Kier molecular flexibility index (Phi) is 3.69. The maximum atomic E-state index is 13.8. The Morgan fingerprint density at radius 2 is 2.00 bits per heavy atom. The fraction of sp³-hybridized carbons (Fsp3) is 0.267. The van der Waals surface area contributed by atoms with E-state index in [2.05, 4.69) is 4.98 Å². The van der Waals surface area contributed by atoms with Crippen molar-refractivity contribution in [2.75, 3.05) is 17.7 Å². The van der Waals surface area contributed by atoms with E-state index in [1.807, 2.05) is 37.9 Å². The van der Waals surface area contributed by atoms with Gasteiger partial charge in [0.05, 0.1) is 17.9 Å².